The largest absolute Gasteiger partial charge is 0.364 e. The van der Waals surface area contributed by atoms with Gasteiger partial charge in [-0.25, -0.2) is 4.39 Å². The van der Waals surface area contributed by atoms with Crippen molar-refractivity contribution in [2.75, 3.05) is 13.1 Å². The molecular formula is C14H19Cl2FN2O2. The molecule has 0 spiro atoms. The molecule has 1 aliphatic heterocycles. The molecule has 0 radical (unpaired) electrons. The monoisotopic (exact) mass is 336 g/mol. The lowest BCUT2D eigenvalue weighted by Crippen LogP contribution is -2.36. The molecule has 3 N–H and O–H groups in total. The number of halogens is 3. The van der Waals surface area contributed by atoms with Crippen LogP contribution in [0.1, 0.15) is 18.4 Å². The molecule has 1 heterocycles. The molecule has 7 heteroatoms. The second-order valence-corrected chi connectivity index (χ2v) is 5.24. The Morgan fingerprint density at radius 2 is 2.24 bits per heavy atom. The van der Waals surface area contributed by atoms with E-state index in [1.165, 1.54) is 12.1 Å². The highest BCUT2D eigenvalue weighted by molar-refractivity contribution is 6.31. The van der Waals surface area contributed by atoms with Crippen LogP contribution in [0.15, 0.2) is 18.2 Å². The van der Waals surface area contributed by atoms with Gasteiger partial charge in [-0.05, 0) is 37.0 Å². The molecule has 0 aromatic heterocycles. The molecule has 1 saturated heterocycles. The second-order valence-electron chi connectivity index (χ2n) is 4.84. The van der Waals surface area contributed by atoms with E-state index in [2.05, 4.69) is 5.32 Å². The van der Waals surface area contributed by atoms with Crippen molar-refractivity contribution in [3.63, 3.8) is 0 Å². The summed E-state index contributed by atoms with van der Waals surface area (Å²) in [6, 6.07) is 4.25. The summed E-state index contributed by atoms with van der Waals surface area (Å²) < 4.78 is 18.4. The Morgan fingerprint density at radius 1 is 1.48 bits per heavy atom. The zero-order valence-corrected chi connectivity index (χ0v) is 13.1. The smallest absolute Gasteiger partial charge is 0.249 e. The standard InChI is InChI=1S/C14H18ClFN2O2.ClH/c15-12-7-10(16)2-1-9(12)5-6-18-14(19)13-4-3-11(8-17)20-13;/h1-2,7,11,13H,3-6,8,17H2,(H,18,19);1H/t11-,13+;/m1./s1. The lowest BCUT2D eigenvalue weighted by atomic mass is 10.1. The molecule has 1 fully saturated rings. The first-order chi connectivity index (χ1) is 9.60. The summed E-state index contributed by atoms with van der Waals surface area (Å²) in [7, 11) is 0. The van der Waals surface area contributed by atoms with Crippen molar-refractivity contribution in [1.29, 1.82) is 0 Å². The van der Waals surface area contributed by atoms with E-state index in [0.29, 0.717) is 31.0 Å². The number of nitrogens with two attached hydrogens (primary N) is 1. The van der Waals surface area contributed by atoms with Crippen LogP contribution in [-0.2, 0) is 16.0 Å². The van der Waals surface area contributed by atoms with Crippen LogP contribution in [0.2, 0.25) is 5.02 Å². The number of amides is 1. The minimum absolute atomic E-state index is 0. The fourth-order valence-corrected chi connectivity index (χ4v) is 2.49. The molecule has 4 nitrogen and oxygen atoms in total. The molecule has 0 unspecified atom stereocenters. The highest BCUT2D eigenvalue weighted by Gasteiger charge is 2.29. The molecule has 1 aromatic rings. The predicted octanol–water partition coefficient (Wildman–Crippen LogP) is 2.07. The van der Waals surface area contributed by atoms with Gasteiger partial charge in [-0.15, -0.1) is 12.4 Å². The number of carbonyl (C=O) groups excluding carboxylic acids is 1. The van der Waals surface area contributed by atoms with E-state index in [0.717, 1.165) is 12.0 Å². The van der Waals surface area contributed by atoms with E-state index in [4.69, 9.17) is 22.1 Å². The van der Waals surface area contributed by atoms with E-state index in [1.807, 2.05) is 0 Å². The van der Waals surface area contributed by atoms with Crippen LogP contribution >= 0.6 is 24.0 Å². The number of benzene rings is 1. The van der Waals surface area contributed by atoms with Crippen molar-refractivity contribution >= 4 is 29.9 Å². The molecule has 118 valence electrons. The SMILES string of the molecule is Cl.NC[C@H]1CC[C@@H](C(=O)NCCc2ccc(F)cc2Cl)O1. The van der Waals surface area contributed by atoms with Gasteiger partial charge in [0.1, 0.15) is 11.9 Å². The predicted molar refractivity (Wildman–Crippen MR) is 82.3 cm³/mol. The van der Waals surface area contributed by atoms with Crippen LogP contribution < -0.4 is 11.1 Å². The highest BCUT2D eigenvalue weighted by atomic mass is 35.5. The van der Waals surface area contributed by atoms with Crippen molar-refractivity contribution in [1.82, 2.24) is 5.32 Å². The summed E-state index contributed by atoms with van der Waals surface area (Å²) in [6.45, 7) is 0.881. The Balaban J connectivity index is 0.00000220. The van der Waals surface area contributed by atoms with Gasteiger partial charge in [0.05, 0.1) is 6.10 Å². The van der Waals surface area contributed by atoms with Crippen LogP contribution in [0.4, 0.5) is 4.39 Å². The molecule has 2 atom stereocenters. The van der Waals surface area contributed by atoms with Gasteiger partial charge in [0, 0.05) is 18.1 Å². The van der Waals surface area contributed by atoms with Gasteiger partial charge in [-0.1, -0.05) is 17.7 Å². The van der Waals surface area contributed by atoms with E-state index in [9.17, 15) is 9.18 Å². The van der Waals surface area contributed by atoms with Crippen molar-refractivity contribution in [2.24, 2.45) is 5.73 Å². The third-order valence-electron chi connectivity index (χ3n) is 3.37. The minimum atomic E-state index is -0.410. The Kier molecular flexibility index (Phi) is 7.39. The quantitative estimate of drug-likeness (QED) is 0.865. The number of hydrogen-bond acceptors (Lipinski definition) is 3. The second kappa shape index (κ2) is 8.54. The normalized spacial score (nSPS) is 20.9. The number of nitrogens with one attached hydrogen (secondary N) is 1. The van der Waals surface area contributed by atoms with Crippen molar-refractivity contribution in [3.05, 3.63) is 34.6 Å². The molecule has 0 bridgehead atoms. The molecule has 1 aliphatic rings. The Labute approximate surface area is 134 Å². The van der Waals surface area contributed by atoms with Crippen LogP contribution in [0.5, 0.6) is 0 Å². The topological polar surface area (TPSA) is 64.4 Å². The Hall–Kier alpha value is -0.880. The van der Waals surface area contributed by atoms with E-state index in [1.54, 1.807) is 6.07 Å². The van der Waals surface area contributed by atoms with Gasteiger partial charge < -0.3 is 15.8 Å². The van der Waals surface area contributed by atoms with Crippen LogP contribution in [0.3, 0.4) is 0 Å². The van der Waals surface area contributed by atoms with Gasteiger partial charge in [0.2, 0.25) is 5.91 Å². The Bertz CT molecular complexity index is 488. The molecule has 1 aromatic carbocycles. The molecular weight excluding hydrogens is 318 g/mol. The summed E-state index contributed by atoms with van der Waals surface area (Å²) in [5.74, 6) is -0.492. The number of hydrogen-bond donors (Lipinski definition) is 2. The molecule has 0 saturated carbocycles. The van der Waals surface area contributed by atoms with E-state index < -0.39 is 6.10 Å². The van der Waals surface area contributed by atoms with Crippen LogP contribution in [0, 0.1) is 5.82 Å². The zero-order valence-electron chi connectivity index (χ0n) is 11.5. The van der Waals surface area contributed by atoms with E-state index >= 15 is 0 Å². The maximum atomic E-state index is 12.9. The summed E-state index contributed by atoms with van der Waals surface area (Å²) in [5.41, 5.74) is 6.31. The van der Waals surface area contributed by atoms with Crippen molar-refractivity contribution in [3.8, 4) is 0 Å². The van der Waals surface area contributed by atoms with Gasteiger partial charge in [-0.3, -0.25) is 4.79 Å². The lowest BCUT2D eigenvalue weighted by Gasteiger charge is -2.13. The molecule has 0 aliphatic carbocycles. The fraction of sp³-hybridized carbons (Fsp3) is 0.500. The zero-order chi connectivity index (χ0) is 14.5. The van der Waals surface area contributed by atoms with Gasteiger partial charge in [0.25, 0.3) is 0 Å². The van der Waals surface area contributed by atoms with Gasteiger partial charge in [-0.2, -0.15) is 0 Å². The first-order valence-corrected chi connectivity index (χ1v) is 7.05. The fourth-order valence-electron chi connectivity index (χ4n) is 2.23. The molecule has 21 heavy (non-hydrogen) atoms. The number of carbonyl (C=O) groups is 1. The average Bonchev–Trinajstić information content (AvgIpc) is 2.90. The molecule has 1 amide bonds. The third kappa shape index (κ3) is 5.11. The minimum Gasteiger partial charge on any atom is -0.364 e. The van der Waals surface area contributed by atoms with Crippen LogP contribution in [-0.4, -0.2) is 31.2 Å². The first-order valence-electron chi connectivity index (χ1n) is 6.67. The Morgan fingerprint density at radius 3 is 2.86 bits per heavy atom. The summed E-state index contributed by atoms with van der Waals surface area (Å²) >= 11 is 5.92. The van der Waals surface area contributed by atoms with Crippen molar-refractivity contribution in [2.45, 2.75) is 31.5 Å². The number of ether oxygens (including phenoxy) is 1. The molecule has 2 rings (SSSR count). The summed E-state index contributed by atoms with van der Waals surface area (Å²) in [6.07, 6.45) is 1.64. The van der Waals surface area contributed by atoms with Gasteiger partial charge in [0.15, 0.2) is 0 Å². The van der Waals surface area contributed by atoms with Gasteiger partial charge >= 0.3 is 0 Å². The summed E-state index contributed by atoms with van der Waals surface area (Å²) in [5, 5.41) is 3.18. The van der Waals surface area contributed by atoms with Crippen molar-refractivity contribution < 1.29 is 13.9 Å². The first kappa shape index (κ1) is 18.2. The lowest BCUT2D eigenvalue weighted by molar-refractivity contribution is -0.131. The third-order valence-corrected chi connectivity index (χ3v) is 3.72. The summed E-state index contributed by atoms with van der Waals surface area (Å²) in [4.78, 5) is 11.9. The number of rotatable bonds is 5. The average molecular weight is 337 g/mol. The maximum absolute atomic E-state index is 12.9. The highest BCUT2D eigenvalue weighted by Crippen LogP contribution is 2.19. The van der Waals surface area contributed by atoms with Crippen LogP contribution in [0.25, 0.3) is 0 Å². The maximum Gasteiger partial charge on any atom is 0.249 e. The van der Waals surface area contributed by atoms with E-state index in [-0.39, 0.29) is 30.2 Å².